The van der Waals surface area contributed by atoms with Gasteiger partial charge in [-0.2, -0.15) is 13.2 Å². The number of hydrogen-bond donors (Lipinski definition) is 0. The van der Waals surface area contributed by atoms with Gasteiger partial charge < -0.3 is 18.6 Å². The van der Waals surface area contributed by atoms with Crippen molar-refractivity contribution in [3.63, 3.8) is 0 Å². The van der Waals surface area contributed by atoms with Gasteiger partial charge in [0.2, 0.25) is 0 Å². The first kappa shape index (κ1) is 24.2. The lowest BCUT2D eigenvalue weighted by molar-refractivity contribution is -0.0378. The van der Waals surface area contributed by atoms with Crippen LogP contribution in [0, 0.1) is 0 Å². The lowest BCUT2D eigenvalue weighted by Crippen LogP contribution is -2.50. The van der Waals surface area contributed by atoms with Crippen LogP contribution in [0.5, 0.6) is 5.75 Å². The molecule has 1 saturated heterocycles. The molecule has 0 N–H and O–H groups in total. The Kier molecular flexibility index (Phi) is 7.60. The highest BCUT2D eigenvalue weighted by Crippen LogP contribution is 2.44. The van der Waals surface area contributed by atoms with Crippen molar-refractivity contribution < 1.29 is 31.6 Å². The number of halogens is 3. The lowest BCUT2D eigenvalue weighted by atomic mass is 9.87. The van der Waals surface area contributed by atoms with E-state index in [-0.39, 0.29) is 5.76 Å². The van der Waals surface area contributed by atoms with Gasteiger partial charge in [-0.15, -0.1) is 0 Å². The van der Waals surface area contributed by atoms with Crippen LogP contribution >= 0.6 is 12.0 Å². The molecule has 0 bridgehead atoms. The Bertz CT molecular complexity index is 766. The number of hydrogen-bond acceptors (Lipinski definition) is 5. The second-order valence-electron chi connectivity index (χ2n) is 7.75. The quantitative estimate of drug-likeness (QED) is 0.491. The summed E-state index contributed by atoms with van der Waals surface area (Å²) in [4.78, 5) is 13.8. The number of para-hydroxylation sites is 1. The Morgan fingerprint density at radius 3 is 2.30 bits per heavy atom. The number of carbonyl (C=O) groups excluding carboxylic acids is 1. The third-order valence-corrected chi connectivity index (χ3v) is 4.80. The van der Waals surface area contributed by atoms with Gasteiger partial charge in [0.15, 0.2) is 12.0 Å². The van der Waals surface area contributed by atoms with Crippen LogP contribution in [0.2, 0.25) is 0 Å². The van der Waals surface area contributed by atoms with Gasteiger partial charge in [0.25, 0.3) is 0 Å². The number of rotatable bonds is 2. The highest BCUT2D eigenvalue weighted by Gasteiger charge is 2.42. The SMILES string of the molecule is CC.CC(C)(C)OC(=O)N1CCC2(C=C(OSC(F)(F)F)c3ccccc3O2)CC1. The summed E-state index contributed by atoms with van der Waals surface area (Å²) in [5.74, 6) is 0.586. The molecule has 30 heavy (non-hydrogen) atoms. The summed E-state index contributed by atoms with van der Waals surface area (Å²) in [6, 6.07) is 6.82. The Morgan fingerprint density at radius 2 is 1.73 bits per heavy atom. The smallest absolute Gasteiger partial charge is 0.479 e. The molecule has 1 spiro atoms. The zero-order chi connectivity index (χ0) is 22.6. The van der Waals surface area contributed by atoms with E-state index in [0.717, 1.165) is 0 Å². The van der Waals surface area contributed by atoms with Crippen molar-refractivity contribution in [3.05, 3.63) is 35.9 Å². The molecule has 2 aliphatic heterocycles. The summed E-state index contributed by atoms with van der Waals surface area (Å²) in [6.07, 6.45) is 2.03. The van der Waals surface area contributed by atoms with Gasteiger partial charge in [0.1, 0.15) is 22.7 Å². The predicted octanol–water partition coefficient (Wildman–Crippen LogP) is 6.40. The Balaban J connectivity index is 0.00000155. The minimum Gasteiger partial charge on any atom is -0.482 e. The van der Waals surface area contributed by atoms with Crippen molar-refractivity contribution in [1.29, 1.82) is 0 Å². The zero-order valence-corrected chi connectivity index (χ0v) is 18.7. The monoisotopic (exact) mass is 447 g/mol. The van der Waals surface area contributed by atoms with E-state index in [1.807, 2.05) is 13.8 Å². The second kappa shape index (κ2) is 9.41. The van der Waals surface area contributed by atoms with Crippen LogP contribution in [-0.4, -0.2) is 40.8 Å². The van der Waals surface area contributed by atoms with Crippen LogP contribution in [0.25, 0.3) is 5.76 Å². The Labute approximate surface area is 179 Å². The average molecular weight is 448 g/mol. The van der Waals surface area contributed by atoms with Crippen LogP contribution in [-0.2, 0) is 8.92 Å². The van der Waals surface area contributed by atoms with Crippen LogP contribution in [0.3, 0.4) is 0 Å². The molecule has 9 heteroatoms. The van der Waals surface area contributed by atoms with Gasteiger partial charge in [-0.25, -0.2) is 4.79 Å². The van der Waals surface area contributed by atoms with E-state index in [2.05, 4.69) is 0 Å². The molecule has 1 aromatic carbocycles. The summed E-state index contributed by atoms with van der Waals surface area (Å²) in [6.45, 7) is 10.1. The van der Waals surface area contributed by atoms with Crippen molar-refractivity contribution in [2.75, 3.05) is 13.1 Å². The number of nitrogens with zero attached hydrogens (tertiary/aromatic N) is 1. The van der Waals surface area contributed by atoms with E-state index in [1.54, 1.807) is 56.0 Å². The van der Waals surface area contributed by atoms with Crippen LogP contribution in [0.4, 0.5) is 18.0 Å². The standard InChI is InChI=1S/C19H22F3NO4S.C2H6/c1-17(2,3)26-16(24)23-10-8-18(9-11-23)12-15(27-28-19(20,21)22)13-6-4-5-7-14(13)25-18;1-2/h4-7,12H,8-11H2,1-3H3;1-2H3. The number of amides is 1. The number of piperidine rings is 1. The molecule has 0 aromatic heterocycles. The van der Waals surface area contributed by atoms with E-state index in [0.29, 0.717) is 37.2 Å². The number of fused-ring (bicyclic) bond motifs is 1. The van der Waals surface area contributed by atoms with Crippen LogP contribution in [0.1, 0.15) is 53.0 Å². The van der Waals surface area contributed by atoms with Gasteiger partial charge in [0.05, 0.1) is 5.56 Å². The first-order chi connectivity index (χ1) is 14.0. The molecule has 1 aromatic rings. The van der Waals surface area contributed by atoms with E-state index in [9.17, 15) is 18.0 Å². The number of benzene rings is 1. The van der Waals surface area contributed by atoms with E-state index >= 15 is 0 Å². The fraction of sp³-hybridized carbons (Fsp3) is 0.571. The summed E-state index contributed by atoms with van der Waals surface area (Å²) >= 11 is -0.546. The molecule has 2 aliphatic rings. The van der Waals surface area contributed by atoms with E-state index in [1.165, 1.54) is 0 Å². The summed E-state index contributed by atoms with van der Waals surface area (Å²) < 4.78 is 54.4. The van der Waals surface area contributed by atoms with Crippen molar-refractivity contribution in [3.8, 4) is 5.75 Å². The fourth-order valence-electron chi connectivity index (χ4n) is 3.13. The zero-order valence-electron chi connectivity index (χ0n) is 17.8. The molecule has 0 radical (unpaired) electrons. The summed E-state index contributed by atoms with van der Waals surface area (Å²) in [5, 5.41) is 0. The summed E-state index contributed by atoms with van der Waals surface area (Å²) in [7, 11) is 0. The molecule has 168 valence electrons. The molecule has 1 fully saturated rings. The van der Waals surface area contributed by atoms with Gasteiger partial charge in [-0.05, 0) is 32.9 Å². The van der Waals surface area contributed by atoms with Crippen molar-refractivity contribution in [2.45, 2.75) is 64.2 Å². The van der Waals surface area contributed by atoms with Gasteiger partial charge in [-0.3, -0.25) is 0 Å². The number of carbonyl (C=O) groups is 1. The van der Waals surface area contributed by atoms with Crippen LogP contribution in [0.15, 0.2) is 30.3 Å². The first-order valence-electron chi connectivity index (χ1n) is 9.88. The number of likely N-dealkylation sites (tertiary alicyclic amines) is 1. The third-order valence-electron chi connectivity index (χ3n) is 4.35. The Hall–Kier alpha value is -2.03. The second-order valence-corrected chi connectivity index (χ2v) is 8.55. The molecule has 5 nitrogen and oxygen atoms in total. The fourth-order valence-corrected chi connectivity index (χ4v) is 3.45. The molecular weight excluding hydrogens is 419 g/mol. The minimum atomic E-state index is -4.51. The summed E-state index contributed by atoms with van der Waals surface area (Å²) in [5.41, 5.74) is -5.46. The lowest BCUT2D eigenvalue weighted by Gasteiger charge is -2.42. The minimum absolute atomic E-state index is 0.120. The maximum atomic E-state index is 12.6. The highest BCUT2D eigenvalue weighted by atomic mass is 32.2. The normalized spacial score (nSPS) is 17.7. The topological polar surface area (TPSA) is 48.0 Å². The molecule has 0 aliphatic carbocycles. The van der Waals surface area contributed by atoms with E-state index < -0.39 is 34.8 Å². The van der Waals surface area contributed by atoms with Gasteiger partial charge in [0, 0.05) is 32.0 Å². The van der Waals surface area contributed by atoms with E-state index in [4.69, 9.17) is 13.7 Å². The highest BCUT2D eigenvalue weighted by molar-refractivity contribution is 7.95. The average Bonchev–Trinajstić information content (AvgIpc) is 2.66. The maximum Gasteiger partial charge on any atom is 0.479 e. The first-order valence-corrected chi connectivity index (χ1v) is 10.6. The molecule has 2 heterocycles. The molecule has 1 amide bonds. The Morgan fingerprint density at radius 1 is 1.13 bits per heavy atom. The largest absolute Gasteiger partial charge is 0.482 e. The molecule has 0 atom stereocenters. The number of alkyl halides is 3. The molecule has 0 unspecified atom stereocenters. The number of ether oxygens (including phenoxy) is 2. The van der Waals surface area contributed by atoms with Crippen LogP contribution < -0.4 is 4.74 Å². The third kappa shape index (κ3) is 6.48. The predicted molar refractivity (Wildman–Crippen MR) is 111 cm³/mol. The van der Waals surface area contributed by atoms with Gasteiger partial charge >= 0.3 is 11.6 Å². The molecule has 0 saturated carbocycles. The maximum absolute atomic E-state index is 12.6. The van der Waals surface area contributed by atoms with Gasteiger partial charge in [-0.1, -0.05) is 26.0 Å². The molecular formula is C21H28F3NO4S. The van der Waals surface area contributed by atoms with Crippen molar-refractivity contribution in [2.24, 2.45) is 0 Å². The van der Waals surface area contributed by atoms with Crippen molar-refractivity contribution >= 4 is 23.9 Å². The van der Waals surface area contributed by atoms with Crippen molar-refractivity contribution in [1.82, 2.24) is 4.90 Å². The molecule has 3 rings (SSSR count).